The highest BCUT2D eigenvalue weighted by molar-refractivity contribution is 5.94. The number of benzene rings is 2. The summed E-state index contributed by atoms with van der Waals surface area (Å²) in [5.41, 5.74) is 2.19. The molecule has 2 bridgehead atoms. The zero-order chi connectivity index (χ0) is 22.9. The Bertz CT molecular complexity index is 1220. The van der Waals surface area contributed by atoms with Gasteiger partial charge in [0, 0.05) is 24.5 Å². The minimum absolute atomic E-state index is 0.00873. The van der Waals surface area contributed by atoms with Crippen LogP contribution in [0.2, 0.25) is 0 Å². The van der Waals surface area contributed by atoms with Gasteiger partial charge in [0.05, 0.1) is 23.9 Å². The van der Waals surface area contributed by atoms with Crippen LogP contribution in [0, 0.1) is 0 Å². The van der Waals surface area contributed by atoms with Crippen LogP contribution < -0.4 is 24.8 Å². The van der Waals surface area contributed by atoms with Gasteiger partial charge in [-0.05, 0) is 38.1 Å². The third-order valence-corrected chi connectivity index (χ3v) is 5.92. The minimum atomic E-state index is -0.348. The van der Waals surface area contributed by atoms with Crippen molar-refractivity contribution in [1.82, 2.24) is 20.2 Å². The van der Waals surface area contributed by atoms with Gasteiger partial charge in [0.15, 0.2) is 23.0 Å². The minimum Gasteiger partial charge on any atom is -0.504 e. The number of ether oxygens (including phenoxy) is 3. The lowest BCUT2D eigenvalue weighted by atomic mass is 10.1. The molecule has 0 unspecified atom stereocenters. The number of fused-ring (bicyclic) bond motifs is 4. The maximum absolute atomic E-state index is 12.6. The van der Waals surface area contributed by atoms with Crippen LogP contribution >= 0.6 is 0 Å². The van der Waals surface area contributed by atoms with E-state index >= 15 is 0 Å². The monoisotopic (exact) mass is 451 g/mol. The van der Waals surface area contributed by atoms with Gasteiger partial charge in [-0.2, -0.15) is 0 Å². The number of hydrogen-bond donors (Lipinski definition) is 3. The predicted octanol–water partition coefficient (Wildman–Crippen LogP) is 2.53. The summed E-state index contributed by atoms with van der Waals surface area (Å²) in [6.45, 7) is 3.29. The third kappa shape index (κ3) is 4.05. The molecule has 2 aromatic carbocycles. The Labute approximate surface area is 190 Å². The van der Waals surface area contributed by atoms with E-state index in [1.54, 1.807) is 12.1 Å². The molecule has 3 heterocycles. The average Bonchev–Trinajstić information content (AvgIpc) is 3.28. The Morgan fingerprint density at radius 2 is 2.03 bits per heavy atom. The fraction of sp³-hybridized carbons (Fsp3) is 0.348. The molecule has 10 heteroatoms. The molecule has 172 valence electrons. The molecule has 0 radical (unpaired) electrons. The molecular weight excluding hydrogens is 426 g/mol. The van der Waals surface area contributed by atoms with Crippen LogP contribution in [0.1, 0.15) is 18.9 Å². The molecule has 1 amide bonds. The number of likely N-dealkylation sites (N-methyl/N-ethyl adjacent to an activating group) is 1. The Morgan fingerprint density at radius 1 is 1.15 bits per heavy atom. The molecule has 0 saturated carbocycles. The molecular formula is C23H25N5O5. The molecule has 2 aliphatic rings. The van der Waals surface area contributed by atoms with Crippen LogP contribution in [0.15, 0.2) is 30.6 Å². The van der Waals surface area contributed by atoms with Crippen molar-refractivity contribution in [2.75, 3.05) is 32.3 Å². The number of phenols is 1. The summed E-state index contributed by atoms with van der Waals surface area (Å²) in [5, 5.41) is 17.4. The number of nitrogens with zero attached hydrogens (tertiary/aromatic N) is 3. The number of anilines is 2. The standard InChI is InChI=1S/C23H25N5O5/c1-13-23(30)24-6-3-7-31-19-8-15-16(9-17(19)29)25-11-26-22(15)27-20-14(10-28(13)2)4-5-18-21(20)33-12-32-18/h4-5,8-9,11,13,29H,3,6-7,10,12H2,1-2H3,(H,24,30)(H,25,26,27)/t13-/m0/s1. The van der Waals surface area contributed by atoms with Crippen LogP contribution in [0.4, 0.5) is 11.5 Å². The van der Waals surface area contributed by atoms with Crippen molar-refractivity contribution in [3.63, 3.8) is 0 Å². The van der Waals surface area contributed by atoms with Gasteiger partial charge in [-0.3, -0.25) is 9.69 Å². The fourth-order valence-corrected chi connectivity index (χ4v) is 3.91. The van der Waals surface area contributed by atoms with Crippen LogP contribution in [-0.2, 0) is 11.3 Å². The van der Waals surface area contributed by atoms with Crippen molar-refractivity contribution in [2.24, 2.45) is 0 Å². The van der Waals surface area contributed by atoms with Crippen molar-refractivity contribution in [2.45, 2.75) is 25.9 Å². The number of aromatic nitrogens is 2. The number of phenolic OH excluding ortho intramolecular Hbond substituents is 1. The van der Waals surface area contributed by atoms with E-state index in [9.17, 15) is 9.90 Å². The topological polar surface area (TPSA) is 118 Å². The molecule has 1 aromatic heterocycles. The molecule has 0 fully saturated rings. The highest BCUT2D eigenvalue weighted by Crippen LogP contribution is 2.44. The van der Waals surface area contributed by atoms with Gasteiger partial charge in [-0.15, -0.1) is 0 Å². The van der Waals surface area contributed by atoms with Crippen LogP contribution in [0.3, 0.4) is 0 Å². The molecule has 0 spiro atoms. The summed E-state index contributed by atoms with van der Waals surface area (Å²) in [6.07, 6.45) is 2.03. The van der Waals surface area contributed by atoms with Crippen LogP contribution in [-0.4, -0.2) is 58.9 Å². The Balaban J connectivity index is 1.63. The van der Waals surface area contributed by atoms with E-state index in [0.717, 1.165) is 5.56 Å². The van der Waals surface area contributed by atoms with Gasteiger partial charge in [-0.1, -0.05) is 6.07 Å². The first-order valence-corrected chi connectivity index (χ1v) is 10.8. The fourth-order valence-electron chi connectivity index (χ4n) is 3.91. The van der Waals surface area contributed by atoms with E-state index < -0.39 is 0 Å². The van der Waals surface area contributed by atoms with Crippen LogP contribution in [0.5, 0.6) is 23.0 Å². The van der Waals surface area contributed by atoms with Gasteiger partial charge in [0.1, 0.15) is 12.1 Å². The SMILES string of the molecule is C[C@H]1C(=O)NCCCOc2cc3c(ncnc3cc2O)Nc2c(ccc3c2OCO3)CN1C. The predicted molar refractivity (Wildman–Crippen MR) is 121 cm³/mol. The smallest absolute Gasteiger partial charge is 0.237 e. The quantitative estimate of drug-likeness (QED) is 0.474. The lowest BCUT2D eigenvalue weighted by Gasteiger charge is -2.26. The van der Waals surface area contributed by atoms with E-state index in [1.807, 2.05) is 31.0 Å². The summed E-state index contributed by atoms with van der Waals surface area (Å²) in [6, 6.07) is 6.73. The summed E-state index contributed by atoms with van der Waals surface area (Å²) < 4.78 is 17.1. The van der Waals surface area contributed by atoms with E-state index in [0.29, 0.717) is 65.8 Å². The summed E-state index contributed by atoms with van der Waals surface area (Å²) in [7, 11) is 1.90. The third-order valence-electron chi connectivity index (χ3n) is 5.92. The first-order valence-electron chi connectivity index (χ1n) is 10.8. The molecule has 0 saturated heterocycles. The van der Waals surface area contributed by atoms with Crippen LogP contribution in [0.25, 0.3) is 10.9 Å². The van der Waals surface area contributed by atoms with Crippen molar-refractivity contribution in [3.05, 3.63) is 36.2 Å². The second kappa shape index (κ2) is 8.62. The largest absolute Gasteiger partial charge is 0.504 e. The van der Waals surface area contributed by atoms with Crippen molar-refractivity contribution >= 4 is 28.3 Å². The van der Waals surface area contributed by atoms with E-state index in [-0.39, 0.29) is 24.5 Å². The summed E-state index contributed by atoms with van der Waals surface area (Å²) in [4.78, 5) is 23.3. The number of nitrogens with one attached hydrogen (secondary N) is 2. The summed E-state index contributed by atoms with van der Waals surface area (Å²) >= 11 is 0. The molecule has 33 heavy (non-hydrogen) atoms. The first kappa shape index (κ1) is 21.1. The maximum atomic E-state index is 12.6. The Hall–Kier alpha value is -3.79. The van der Waals surface area contributed by atoms with Crippen molar-refractivity contribution in [1.29, 1.82) is 0 Å². The highest BCUT2D eigenvalue weighted by Gasteiger charge is 2.25. The molecule has 0 aliphatic carbocycles. The second-order valence-electron chi connectivity index (χ2n) is 8.10. The molecule has 3 N–H and O–H groups in total. The first-order chi connectivity index (χ1) is 16.0. The zero-order valence-electron chi connectivity index (χ0n) is 18.4. The van der Waals surface area contributed by atoms with Gasteiger partial charge in [0.25, 0.3) is 0 Å². The molecule has 3 aromatic rings. The number of rotatable bonds is 0. The lowest BCUT2D eigenvalue weighted by molar-refractivity contribution is -0.125. The average molecular weight is 451 g/mol. The molecule has 1 atom stereocenters. The van der Waals surface area contributed by atoms with E-state index in [2.05, 4.69) is 20.6 Å². The highest BCUT2D eigenvalue weighted by atomic mass is 16.7. The Kier molecular flexibility index (Phi) is 5.51. The maximum Gasteiger partial charge on any atom is 0.237 e. The number of carbonyl (C=O) groups is 1. The van der Waals surface area contributed by atoms with Crippen molar-refractivity contribution < 1.29 is 24.1 Å². The van der Waals surface area contributed by atoms with Gasteiger partial charge in [0.2, 0.25) is 12.7 Å². The normalized spacial score (nSPS) is 19.0. The van der Waals surface area contributed by atoms with Gasteiger partial charge < -0.3 is 30.0 Å². The molecule has 10 nitrogen and oxygen atoms in total. The molecule has 5 rings (SSSR count). The Morgan fingerprint density at radius 3 is 2.91 bits per heavy atom. The van der Waals surface area contributed by atoms with Gasteiger partial charge >= 0.3 is 0 Å². The van der Waals surface area contributed by atoms with E-state index in [4.69, 9.17) is 14.2 Å². The summed E-state index contributed by atoms with van der Waals surface area (Å²) in [5.74, 6) is 2.00. The number of amides is 1. The lowest BCUT2D eigenvalue weighted by Crippen LogP contribution is -2.43. The molecule has 2 aliphatic heterocycles. The number of carbonyl (C=O) groups excluding carboxylic acids is 1. The number of aromatic hydroxyl groups is 1. The van der Waals surface area contributed by atoms with Gasteiger partial charge in [-0.25, -0.2) is 9.97 Å². The van der Waals surface area contributed by atoms with E-state index in [1.165, 1.54) is 6.33 Å². The second-order valence-corrected chi connectivity index (χ2v) is 8.10. The number of hydrogen-bond acceptors (Lipinski definition) is 9. The van der Waals surface area contributed by atoms with Crippen molar-refractivity contribution in [3.8, 4) is 23.0 Å². The zero-order valence-corrected chi connectivity index (χ0v) is 18.4.